The van der Waals surface area contributed by atoms with Crippen molar-refractivity contribution in [2.45, 2.75) is 6.61 Å². The molecule has 0 bridgehead atoms. The molecule has 1 N–H and O–H groups in total. The zero-order valence-electron chi connectivity index (χ0n) is 14.6. The summed E-state index contributed by atoms with van der Waals surface area (Å²) in [6, 6.07) is 20.1. The standard InChI is InChI=1S/C21H15BrFN3OS/c22-16-9-10-19(27-13-14-5-1-2-6-17(14)23)15(11-16)12-24-26-21-25-18-7-3-4-8-20(18)28-21/h1-12H,13H2,(H,25,26)/b24-12-. The topological polar surface area (TPSA) is 46.5 Å². The molecule has 0 radical (unpaired) electrons. The molecule has 4 rings (SSSR count). The fourth-order valence-electron chi connectivity index (χ4n) is 2.60. The predicted octanol–water partition coefficient (Wildman–Crippen LogP) is 6.22. The van der Waals surface area contributed by atoms with Crippen LogP contribution in [0.15, 0.2) is 76.3 Å². The van der Waals surface area contributed by atoms with Crippen molar-refractivity contribution in [2.75, 3.05) is 5.43 Å². The van der Waals surface area contributed by atoms with Crippen LogP contribution in [-0.4, -0.2) is 11.2 Å². The normalized spacial score (nSPS) is 11.2. The number of benzene rings is 3. The van der Waals surface area contributed by atoms with Crippen LogP contribution in [0.2, 0.25) is 0 Å². The number of halogens is 2. The van der Waals surface area contributed by atoms with E-state index in [0.29, 0.717) is 16.4 Å². The van der Waals surface area contributed by atoms with E-state index in [1.54, 1.807) is 24.4 Å². The van der Waals surface area contributed by atoms with Gasteiger partial charge in [-0.25, -0.2) is 9.37 Å². The second-order valence-corrected chi connectivity index (χ2v) is 7.87. The Morgan fingerprint density at radius 2 is 1.93 bits per heavy atom. The van der Waals surface area contributed by atoms with Crippen LogP contribution in [-0.2, 0) is 6.61 Å². The Balaban J connectivity index is 1.49. The molecule has 0 aliphatic heterocycles. The van der Waals surface area contributed by atoms with Crippen molar-refractivity contribution in [2.24, 2.45) is 5.10 Å². The molecule has 0 saturated carbocycles. The Labute approximate surface area is 173 Å². The molecule has 0 saturated heterocycles. The lowest BCUT2D eigenvalue weighted by atomic mass is 10.2. The second kappa shape index (κ2) is 8.50. The van der Waals surface area contributed by atoms with E-state index in [1.165, 1.54) is 17.4 Å². The molecule has 4 aromatic rings. The molecule has 3 aromatic carbocycles. The summed E-state index contributed by atoms with van der Waals surface area (Å²) in [6.07, 6.45) is 1.66. The van der Waals surface area contributed by atoms with Crippen LogP contribution in [0.5, 0.6) is 5.75 Å². The van der Waals surface area contributed by atoms with E-state index in [0.717, 1.165) is 20.3 Å². The third-order valence-corrected chi connectivity index (χ3v) is 5.40. The summed E-state index contributed by atoms with van der Waals surface area (Å²) >= 11 is 4.99. The van der Waals surface area contributed by atoms with Gasteiger partial charge in [-0.2, -0.15) is 5.10 Å². The van der Waals surface area contributed by atoms with Gasteiger partial charge >= 0.3 is 0 Å². The number of ether oxygens (including phenoxy) is 1. The molecule has 0 unspecified atom stereocenters. The van der Waals surface area contributed by atoms with Gasteiger partial charge in [0.1, 0.15) is 18.2 Å². The molecule has 0 amide bonds. The van der Waals surface area contributed by atoms with Crippen LogP contribution in [0.3, 0.4) is 0 Å². The molecule has 1 heterocycles. The van der Waals surface area contributed by atoms with E-state index in [2.05, 4.69) is 31.4 Å². The Kier molecular flexibility index (Phi) is 5.64. The van der Waals surface area contributed by atoms with E-state index in [4.69, 9.17) is 4.74 Å². The summed E-state index contributed by atoms with van der Waals surface area (Å²) in [5.41, 5.74) is 5.15. The third kappa shape index (κ3) is 4.37. The van der Waals surface area contributed by atoms with E-state index in [-0.39, 0.29) is 12.4 Å². The smallest absolute Gasteiger partial charge is 0.204 e. The molecule has 0 atom stereocenters. The van der Waals surface area contributed by atoms with Crippen LogP contribution in [0.4, 0.5) is 9.52 Å². The van der Waals surface area contributed by atoms with Crippen molar-refractivity contribution >= 4 is 48.8 Å². The number of rotatable bonds is 6. The van der Waals surface area contributed by atoms with E-state index >= 15 is 0 Å². The van der Waals surface area contributed by atoms with Gasteiger partial charge in [0.2, 0.25) is 5.13 Å². The van der Waals surface area contributed by atoms with Gasteiger partial charge in [0.25, 0.3) is 0 Å². The highest BCUT2D eigenvalue weighted by Gasteiger charge is 2.07. The summed E-state index contributed by atoms with van der Waals surface area (Å²) in [5, 5.41) is 4.99. The Morgan fingerprint density at radius 1 is 1.11 bits per heavy atom. The van der Waals surface area contributed by atoms with Gasteiger partial charge in [-0.05, 0) is 36.4 Å². The molecular formula is C21H15BrFN3OS. The number of aromatic nitrogens is 1. The number of hydrogen-bond acceptors (Lipinski definition) is 5. The predicted molar refractivity (Wildman–Crippen MR) is 116 cm³/mol. The van der Waals surface area contributed by atoms with E-state index in [9.17, 15) is 4.39 Å². The van der Waals surface area contributed by atoms with Crippen molar-refractivity contribution in [3.8, 4) is 5.75 Å². The maximum absolute atomic E-state index is 13.8. The van der Waals surface area contributed by atoms with Crippen molar-refractivity contribution < 1.29 is 9.13 Å². The quantitative estimate of drug-likeness (QED) is 0.277. The molecule has 0 spiro atoms. The van der Waals surface area contributed by atoms with E-state index < -0.39 is 0 Å². The second-order valence-electron chi connectivity index (χ2n) is 5.92. The molecule has 0 fully saturated rings. The van der Waals surface area contributed by atoms with Crippen LogP contribution in [0, 0.1) is 5.82 Å². The maximum atomic E-state index is 13.8. The number of fused-ring (bicyclic) bond motifs is 1. The first-order valence-electron chi connectivity index (χ1n) is 8.49. The number of nitrogens with one attached hydrogen (secondary N) is 1. The molecule has 0 aliphatic rings. The number of nitrogens with zero attached hydrogens (tertiary/aromatic N) is 2. The Morgan fingerprint density at radius 3 is 2.79 bits per heavy atom. The fourth-order valence-corrected chi connectivity index (χ4v) is 3.79. The lowest BCUT2D eigenvalue weighted by Crippen LogP contribution is -2.01. The number of anilines is 1. The average Bonchev–Trinajstić information content (AvgIpc) is 3.11. The van der Waals surface area contributed by atoms with Gasteiger partial charge in [0.15, 0.2) is 0 Å². The first kappa shape index (κ1) is 18.6. The summed E-state index contributed by atoms with van der Waals surface area (Å²) < 4.78 is 21.6. The molecule has 140 valence electrons. The van der Waals surface area contributed by atoms with Gasteiger partial charge in [0.05, 0.1) is 16.4 Å². The molecular weight excluding hydrogens is 441 g/mol. The molecule has 0 aliphatic carbocycles. The van der Waals surface area contributed by atoms with Gasteiger partial charge < -0.3 is 4.74 Å². The summed E-state index contributed by atoms with van der Waals surface area (Å²) in [4.78, 5) is 4.48. The molecule has 28 heavy (non-hydrogen) atoms. The van der Waals surface area contributed by atoms with Crippen LogP contribution in [0.1, 0.15) is 11.1 Å². The number of para-hydroxylation sites is 1. The molecule has 7 heteroatoms. The summed E-state index contributed by atoms with van der Waals surface area (Å²) in [7, 11) is 0. The lowest BCUT2D eigenvalue weighted by molar-refractivity contribution is 0.299. The highest BCUT2D eigenvalue weighted by atomic mass is 79.9. The minimum atomic E-state index is -0.285. The van der Waals surface area contributed by atoms with Crippen LogP contribution >= 0.6 is 27.3 Å². The number of hydrazone groups is 1. The van der Waals surface area contributed by atoms with Crippen molar-refractivity contribution in [1.29, 1.82) is 0 Å². The monoisotopic (exact) mass is 455 g/mol. The lowest BCUT2D eigenvalue weighted by Gasteiger charge is -2.10. The number of hydrogen-bond donors (Lipinski definition) is 1. The number of thiazole rings is 1. The van der Waals surface area contributed by atoms with Gasteiger partial charge in [-0.15, -0.1) is 0 Å². The SMILES string of the molecule is Fc1ccccc1COc1ccc(Br)cc1/C=N\Nc1nc2ccccc2s1. The van der Waals surface area contributed by atoms with Gasteiger partial charge in [-0.3, -0.25) is 5.43 Å². The summed E-state index contributed by atoms with van der Waals surface area (Å²) in [6.45, 7) is 0.139. The minimum Gasteiger partial charge on any atom is -0.488 e. The van der Waals surface area contributed by atoms with Crippen LogP contribution < -0.4 is 10.2 Å². The zero-order chi connectivity index (χ0) is 19.3. The van der Waals surface area contributed by atoms with Crippen molar-refractivity contribution in [1.82, 2.24) is 4.98 Å². The highest BCUT2D eigenvalue weighted by Crippen LogP contribution is 2.26. The van der Waals surface area contributed by atoms with Crippen molar-refractivity contribution in [3.63, 3.8) is 0 Å². The maximum Gasteiger partial charge on any atom is 0.204 e. The minimum absolute atomic E-state index is 0.139. The van der Waals surface area contributed by atoms with E-state index in [1.807, 2.05) is 42.5 Å². The Bertz CT molecular complexity index is 1110. The first-order chi connectivity index (χ1) is 13.7. The van der Waals surface area contributed by atoms with Crippen molar-refractivity contribution in [3.05, 3.63) is 88.1 Å². The van der Waals surface area contributed by atoms with Crippen LogP contribution in [0.25, 0.3) is 10.2 Å². The molecule has 1 aromatic heterocycles. The largest absolute Gasteiger partial charge is 0.488 e. The fraction of sp³-hybridized carbons (Fsp3) is 0.0476. The van der Waals surface area contributed by atoms with Gasteiger partial charge in [0, 0.05) is 15.6 Å². The van der Waals surface area contributed by atoms with Gasteiger partial charge in [-0.1, -0.05) is 57.6 Å². The Hall–Kier alpha value is -2.77. The third-order valence-electron chi connectivity index (χ3n) is 3.97. The summed E-state index contributed by atoms with van der Waals surface area (Å²) in [5.74, 6) is 0.327. The molecule has 4 nitrogen and oxygen atoms in total. The zero-order valence-corrected chi connectivity index (χ0v) is 17.0. The first-order valence-corrected chi connectivity index (χ1v) is 10.1. The highest BCUT2D eigenvalue weighted by molar-refractivity contribution is 9.10. The average molecular weight is 456 g/mol.